The fourth-order valence-electron chi connectivity index (χ4n) is 2.36. The van der Waals surface area contributed by atoms with Gasteiger partial charge in [-0.2, -0.15) is 0 Å². The predicted octanol–water partition coefficient (Wildman–Crippen LogP) is 0.772. The van der Waals surface area contributed by atoms with Crippen LogP contribution < -0.4 is 5.73 Å². The van der Waals surface area contributed by atoms with Gasteiger partial charge in [-0.1, -0.05) is 13.8 Å². The molecular weight excluding hydrogens is 214 g/mol. The van der Waals surface area contributed by atoms with Gasteiger partial charge in [0.1, 0.15) is 0 Å². The number of piperazine rings is 1. The Morgan fingerprint density at radius 1 is 1.24 bits per heavy atom. The SMILES string of the molecule is CC(C)CC(CN)CC(=O)N1CCN(C)CC1. The minimum absolute atomic E-state index is 0.286. The van der Waals surface area contributed by atoms with Gasteiger partial charge in [0.05, 0.1) is 0 Å². The fraction of sp³-hybridized carbons (Fsp3) is 0.923. The van der Waals surface area contributed by atoms with Gasteiger partial charge in [0, 0.05) is 32.6 Å². The van der Waals surface area contributed by atoms with E-state index in [1.807, 2.05) is 4.90 Å². The second-order valence-corrected chi connectivity index (χ2v) is 5.62. The molecule has 4 heteroatoms. The summed E-state index contributed by atoms with van der Waals surface area (Å²) in [5, 5.41) is 0. The largest absolute Gasteiger partial charge is 0.340 e. The third kappa shape index (κ3) is 5.04. The standard InChI is InChI=1S/C13H27N3O/c1-11(2)8-12(10-14)9-13(17)16-6-4-15(3)5-7-16/h11-12H,4-10,14H2,1-3H3. The Labute approximate surface area is 105 Å². The fourth-order valence-corrected chi connectivity index (χ4v) is 2.36. The van der Waals surface area contributed by atoms with Crippen molar-refractivity contribution in [1.82, 2.24) is 9.80 Å². The Morgan fingerprint density at radius 2 is 1.82 bits per heavy atom. The lowest BCUT2D eigenvalue weighted by Gasteiger charge is -2.33. The first-order valence-corrected chi connectivity index (χ1v) is 6.69. The van der Waals surface area contributed by atoms with E-state index >= 15 is 0 Å². The van der Waals surface area contributed by atoms with E-state index in [0.717, 1.165) is 32.6 Å². The first-order valence-electron chi connectivity index (χ1n) is 6.69. The summed E-state index contributed by atoms with van der Waals surface area (Å²) in [5.74, 6) is 1.25. The van der Waals surface area contributed by atoms with Crippen LogP contribution in [0, 0.1) is 11.8 Å². The van der Waals surface area contributed by atoms with E-state index in [4.69, 9.17) is 5.73 Å². The van der Waals surface area contributed by atoms with Crippen LogP contribution >= 0.6 is 0 Å². The maximum absolute atomic E-state index is 12.1. The molecule has 0 aromatic carbocycles. The molecule has 2 N–H and O–H groups in total. The zero-order chi connectivity index (χ0) is 12.8. The maximum atomic E-state index is 12.1. The van der Waals surface area contributed by atoms with Gasteiger partial charge < -0.3 is 15.5 Å². The highest BCUT2D eigenvalue weighted by Crippen LogP contribution is 2.16. The number of rotatable bonds is 5. The molecule has 1 saturated heterocycles. The second kappa shape index (κ2) is 6.97. The van der Waals surface area contributed by atoms with Gasteiger partial charge in [-0.3, -0.25) is 4.79 Å². The average Bonchev–Trinajstić information content (AvgIpc) is 2.28. The Kier molecular flexibility index (Phi) is 5.92. The van der Waals surface area contributed by atoms with Gasteiger partial charge in [0.2, 0.25) is 5.91 Å². The molecule has 1 rings (SSSR count). The number of nitrogens with two attached hydrogens (primary N) is 1. The van der Waals surface area contributed by atoms with E-state index in [0.29, 0.717) is 24.8 Å². The summed E-state index contributed by atoms with van der Waals surface area (Å²) in [5.41, 5.74) is 5.74. The molecule has 1 aliphatic rings. The lowest BCUT2D eigenvalue weighted by Crippen LogP contribution is -2.47. The van der Waals surface area contributed by atoms with Crippen molar-refractivity contribution in [1.29, 1.82) is 0 Å². The highest BCUT2D eigenvalue weighted by atomic mass is 16.2. The van der Waals surface area contributed by atoms with Gasteiger partial charge in [-0.25, -0.2) is 0 Å². The van der Waals surface area contributed by atoms with Crippen LogP contribution in [-0.4, -0.2) is 55.5 Å². The molecule has 1 unspecified atom stereocenters. The number of carbonyl (C=O) groups is 1. The molecule has 100 valence electrons. The quantitative estimate of drug-likeness (QED) is 0.773. The molecule has 0 bridgehead atoms. The normalized spacial score (nSPS) is 19.7. The van der Waals surface area contributed by atoms with E-state index in [1.165, 1.54) is 0 Å². The molecule has 0 aromatic heterocycles. The average molecular weight is 241 g/mol. The van der Waals surface area contributed by atoms with Crippen molar-refractivity contribution >= 4 is 5.91 Å². The van der Waals surface area contributed by atoms with Crippen LogP contribution in [0.4, 0.5) is 0 Å². The number of amides is 1. The summed E-state index contributed by atoms with van der Waals surface area (Å²) in [6.07, 6.45) is 1.67. The molecule has 0 aliphatic carbocycles. The van der Waals surface area contributed by atoms with Crippen molar-refractivity contribution in [2.24, 2.45) is 17.6 Å². The van der Waals surface area contributed by atoms with Gasteiger partial charge >= 0.3 is 0 Å². The zero-order valence-electron chi connectivity index (χ0n) is 11.5. The van der Waals surface area contributed by atoms with Crippen molar-refractivity contribution in [3.63, 3.8) is 0 Å². The topological polar surface area (TPSA) is 49.6 Å². The van der Waals surface area contributed by atoms with Crippen LogP contribution in [0.15, 0.2) is 0 Å². The summed E-state index contributed by atoms with van der Waals surface area (Å²) in [4.78, 5) is 16.4. The summed E-state index contributed by atoms with van der Waals surface area (Å²) < 4.78 is 0. The Morgan fingerprint density at radius 3 is 2.29 bits per heavy atom. The molecular formula is C13H27N3O. The van der Waals surface area contributed by atoms with Crippen LogP contribution in [0.3, 0.4) is 0 Å². The van der Waals surface area contributed by atoms with E-state index < -0.39 is 0 Å². The molecule has 0 saturated carbocycles. The van der Waals surface area contributed by atoms with Crippen LogP contribution in [0.25, 0.3) is 0 Å². The molecule has 4 nitrogen and oxygen atoms in total. The first kappa shape index (κ1) is 14.5. The molecule has 1 amide bonds. The molecule has 0 spiro atoms. The van der Waals surface area contributed by atoms with E-state index in [2.05, 4.69) is 25.8 Å². The minimum Gasteiger partial charge on any atom is -0.340 e. The Balaban J connectivity index is 2.36. The van der Waals surface area contributed by atoms with Crippen LogP contribution in [-0.2, 0) is 4.79 Å². The zero-order valence-corrected chi connectivity index (χ0v) is 11.5. The minimum atomic E-state index is 0.286. The van der Waals surface area contributed by atoms with E-state index in [-0.39, 0.29) is 5.91 Å². The summed E-state index contributed by atoms with van der Waals surface area (Å²) in [6, 6.07) is 0. The van der Waals surface area contributed by atoms with Gasteiger partial charge in [0.25, 0.3) is 0 Å². The highest BCUT2D eigenvalue weighted by Gasteiger charge is 2.22. The third-order valence-corrected chi connectivity index (χ3v) is 3.46. The summed E-state index contributed by atoms with van der Waals surface area (Å²) in [7, 11) is 2.10. The molecule has 1 heterocycles. The van der Waals surface area contributed by atoms with Gasteiger partial charge in [-0.05, 0) is 31.8 Å². The van der Waals surface area contributed by atoms with E-state index in [9.17, 15) is 4.79 Å². The summed E-state index contributed by atoms with van der Waals surface area (Å²) >= 11 is 0. The Hall–Kier alpha value is -0.610. The second-order valence-electron chi connectivity index (χ2n) is 5.62. The number of likely N-dealkylation sites (N-methyl/N-ethyl adjacent to an activating group) is 1. The predicted molar refractivity (Wildman–Crippen MR) is 70.7 cm³/mol. The smallest absolute Gasteiger partial charge is 0.222 e. The van der Waals surface area contributed by atoms with Crippen molar-refractivity contribution < 1.29 is 4.79 Å². The number of hydrogen-bond donors (Lipinski definition) is 1. The molecule has 0 aromatic rings. The number of hydrogen-bond acceptors (Lipinski definition) is 3. The summed E-state index contributed by atoms with van der Waals surface area (Å²) in [6.45, 7) is 8.71. The van der Waals surface area contributed by atoms with Crippen LogP contribution in [0.2, 0.25) is 0 Å². The van der Waals surface area contributed by atoms with Crippen LogP contribution in [0.1, 0.15) is 26.7 Å². The highest BCUT2D eigenvalue weighted by molar-refractivity contribution is 5.76. The van der Waals surface area contributed by atoms with Crippen molar-refractivity contribution in [3.8, 4) is 0 Å². The number of carbonyl (C=O) groups excluding carboxylic acids is 1. The molecule has 17 heavy (non-hydrogen) atoms. The van der Waals surface area contributed by atoms with E-state index in [1.54, 1.807) is 0 Å². The number of nitrogens with zero attached hydrogens (tertiary/aromatic N) is 2. The van der Waals surface area contributed by atoms with Gasteiger partial charge in [-0.15, -0.1) is 0 Å². The molecule has 1 fully saturated rings. The molecule has 1 atom stereocenters. The van der Waals surface area contributed by atoms with Crippen LogP contribution in [0.5, 0.6) is 0 Å². The molecule has 0 radical (unpaired) electrons. The lowest BCUT2D eigenvalue weighted by molar-refractivity contribution is -0.133. The first-order chi connectivity index (χ1) is 8.02. The molecule has 1 aliphatic heterocycles. The Bertz CT molecular complexity index is 235. The van der Waals surface area contributed by atoms with Crippen molar-refractivity contribution in [2.75, 3.05) is 39.8 Å². The van der Waals surface area contributed by atoms with Gasteiger partial charge in [0.15, 0.2) is 0 Å². The van der Waals surface area contributed by atoms with Crippen molar-refractivity contribution in [3.05, 3.63) is 0 Å². The monoisotopic (exact) mass is 241 g/mol. The third-order valence-electron chi connectivity index (χ3n) is 3.46. The maximum Gasteiger partial charge on any atom is 0.222 e. The van der Waals surface area contributed by atoms with Crippen molar-refractivity contribution in [2.45, 2.75) is 26.7 Å². The lowest BCUT2D eigenvalue weighted by atomic mass is 9.93.